The summed E-state index contributed by atoms with van der Waals surface area (Å²) in [6, 6.07) is 8.47. The van der Waals surface area contributed by atoms with Crippen molar-refractivity contribution >= 4 is 17.0 Å². The molecule has 4 nitrogen and oxygen atoms in total. The van der Waals surface area contributed by atoms with Crippen LogP contribution in [0.25, 0.3) is 0 Å². The molecule has 1 atom stereocenters. The number of hydrogen-bond acceptors (Lipinski definition) is 2. The van der Waals surface area contributed by atoms with Crippen molar-refractivity contribution in [1.82, 2.24) is 0 Å². The van der Waals surface area contributed by atoms with Gasteiger partial charge < -0.3 is 9.66 Å². The smallest absolute Gasteiger partial charge is 0.330 e. The first-order valence-electron chi connectivity index (χ1n) is 6.55. The van der Waals surface area contributed by atoms with Gasteiger partial charge >= 0.3 is 5.97 Å². The molecule has 1 aromatic rings. The minimum Gasteiger partial charge on any atom is -0.478 e. The molecular weight excluding hydrogens is 276 g/mol. The summed E-state index contributed by atoms with van der Waals surface area (Å²) < 4.78 is 18.8. The van der Waals surface area contributed by atoms with E-state index in [4.69, 9.17) is 9.66 Å². The minimum atomic E-state index is -1.83. The molecule has 0 radical (unpaired) electrons. The van der Waals surface area contributed by atoms with Crippen LogP contribution in [0.2, 0.25) is 0 Å². The van der Waals surface area contributed by atoms with Gasteiger partial charge in [-0.15, -0.1) is 0 Å². The van der Waals surface area contributed by atoms with Crippen LogP contribution in [-0.4, -0.2) is 19.8 Å². The summed E-state index contributed by atoms with van der Waals surface area (Å²) in [5.74, 6) is -0.804. The Morgan fingerprint density at radius 3 is 2.25 bits per heavy atom. The fourth-order valence-corrected chi connectivity index (χ4v) is 1.73. The molecule has 0 fully saturated rings. The van der Waals surface area contributed by atoms with E-state index < -0.39 is 17.0 Å². The van der Waals surface area contributed by atoms with Crippen molar-refractivity contribution in [2.24, 2.45) is 0 Å². The molecule has 1 aromatic carbocycles. The second-order valence-corrected chi connectivity index (χ2v) is 5.22. The predicted octanol–water partition coefficient (Wildman–Crippen LogP) is 3.86. The van der Waals surface area contributed by atoms with E-state index in [-0.39, 0.29) is 0 Å². The quantitative estimate of drug-likeness (QED) is 0.475. The minimum absolute atomic E-state index is 0.442. The van der Waals surface area contributed by atoms with Crippen LogP contribution in [-0.2, 0) is 15.9 Å². The Bertz CT molecular complexity index is 440. The molecule has 20 heavy (non-hydrogen) atoms. The number of unbranched alkanes of at least 4 members (excludes halogenated alkanes) is 3. The van der Waals surface area contributed by atoms with Crippen molar-refractivity contribution in [2.75, 3.05) is 0 Å². The molecule has 112 valence electrons. The highest BCUT2D eigenvalue weighted by Gasteiger charge is 1.96. The molecule has 0 spiro atoms. The zero-order chi connectivity index (χ0) is 15.4. The van der Waals surface area contributed by atoms with Crippen molar-refractivity contribution in [2.45, 2.75) is 44.4 Å². The van der Waals surface area contributed by atoms with Gasteiger partial charge in [-0.3, -0.25) is 0 Å². The average molecular weight is 298 g/mol. The van der Waals surface area contributed by atoms with E-state index in [1.54, 1.807) is 43.3 Å². The zero-order valence-corrected chi connectivity index (χ0v) is 12.7. The average Bonchev–Trinajstić information content (AvgIpc) is 2.45. The fraction of sp³-hybridized carbons (Fsp3) is 0.400. The predicted molar refractivity (Wildman–Crippen MR) is 81.0 cm³/mol. The number of allylic oxidation sites excluding steroid dienone is 1. The molecule has 5 heteroatoms. The third-order valence-corrected chi connectivity index (χ3v) is 3.22. The Labute approximate surface area is 122 Å². The van der Waals surface area contributed by atoms with Gasteiger partial charge in [-0.2, -0.15) is 0 Å². The van der Waals surface area contributed by atoms with Crippen LogP contribution < -0.4 is 0 Å². The van der Waals surface area contributed by atoms with Gasteiger partial charge in [0.05, 0.1) is 4.90 Å². The van der Waals surface area contributed by atoms with Gasteiger partial charge in [0.2, 0.25) is 0 Å². The third kappa shape index (κ3) is 9.47. The maximum atomic E-state index is 10.3. The number of rotatable bonds is 6. The van der Waals surface area contributed by atoms with E-state index in [0.29, 0.717) is 10.5 Å². The highest BCUT2D eigenvalue weighted by atomic mass is 32.2. The first kappa shape index (κ1) is 18.5. The van der Waals surface area contributed by atoms with Crippen LogP contribution in [0.15, 0.2) is 46.9 Å². The molecule has 0 aliphatic carbocycles. The number of carbonyl (C=O) groups is 1. The maximum Gasteiger partial charge on any atom is 0.330 e. The Kier molecular flexibility index (Phi) is 10.5. The van der Waals surface area contributed by atoms with E-state index in [1.807, 2.05) is 0 Å². The Hall–Kier alpha value is -1.46. The summed E-state index contributed by atoms with van der Waals surface area (Å²) in [5.41, 5.74) is 0.459. The standard InChI is InChI=1S/C9H16O2.C6H6O2S/c1-3-4-5-6-7-8(2)9(10)11;7-9(8)6-4-2-1-3-5-6/h7H,3-6H2,1-2H3,(H,10,11);1-5H,(H,7,8). The Balaban J connectivity index is 0.000000367. The molecule has 0 amide bonds. The summed E-state index contributed by atoms with van der Waals surface area (Å²) in [6.07, 6.45) is 6.15. The van der Waals surface area contributed by atoms with Gasteiger partial charge in [-0.25, -0.2) is 9.00 Å². The lowest BCUT2D eigenvalue weighted by Gasteiger charge is -1.93. The Morgan fingerprint density at radius 1 is 1.25 bits per heavy atom. The second-order valence-electron chi connectivity index (χ2n) is 4.25. The lowest BCUT2D eigenvalue weighted by Crippen LogP contribution is -1.95. The van der Waals surface area contributed by atoms with E-state index in [1.165, 1.54) is 12.8 Å². The van der Waals surface area contributed by atoms with E-state index in [9.17, 15) is 9.00 Å². The monoisotopic (exact) mass is 298 g/mol. The van der Waals surface area contributed by atoms with Crippen molar-refractivity contribution in [3.63, 3.8) is 0 Å². The molecule has 0 aromatic heterocycles. The van der Waals surface area contributed by atoms with E-state index >= 15 is 0 Å². The number of hydrogen-bond donors (Lipinski definition) is 2. The van der Waals surface area contributed by atoms with Crippen molar-refractivity contribution in [3.8, 4) is 0 Å². The van der Waals surface area contributed by atoms with Crippen molar-refractivity contribution in [1.29, 1.82) is 0 Å². The summed E-state index contributed by atoms with van der Waals surface area (Å²) in [7, 11) is 0. The van der Waals surface area contributed by atoms with Crippen molar-refractivity contribution in [3.05, 3.63) is 42.0 Å². The SMILES string of the molecule is CCCCCC=C(C)C(=O)O.O=S(O)c1ccccc1. The van der Waals surface area contributed by atoms with Gasteiger partial charge in [-0.05, 0) is 31.9 Å². The normalized spacial score (nSPS) is 12.2. The van der Waals surface area contributed by atoms with Crippen LogP contribution in [0.4, 0.5) is 0 Å². The lowest BCUT2D eigenvalue weighted by molar-refractivity contribution is -0.132. The molecule has 0 saturated carbocycles. The molecular formula is C15H22O4S. The fourth-order valence-electron chi connectivity index (χ4n) is 1.34. The van der Waals surface area contributed by atoms with E-state index in [2.05, 4.69) is 6.92 Å². The largest absolute Gasteiger partial charge is 0.478 e. The zero-order valence-electron chi connectivity index (χ0n) is 11.9. The number of carboxylic acid groups (broad SMARTS) is 1. The molecule has 0 saturated heterocycles. The van der Waals surface area contributed by atoms with Gasteiger partial charge in [0.1, 0.15) is 0 Å². The molecule has 0 aliphatic heterocycles. The number of benzene rings is 1. The molecule has 0 aliphatic rings. The summed E-state index contributed by atoms with van der Waals surface area (Å²) >= 11 is -1.83. The van der Waals surface area contributed by atoms with Crippen LogP contribution in [0.3, 0.4) is 0 Å². The van der Waals surface area contributed by atoms with Gasteiger partial charge in [0.25, 0.3) is 0 Å². The number of carboxylic acids is 1. The second kappa shape index (κ2) is 11.4. The van der Waals surface area contributed by atoms with Crippen molar-refractivity contribution < 1.29 is 18.7 Å². The molecule has 2 N–H and O–H groups in total. The highest BCUT2D eigenvalue weighted by molar-refractivity contribution is 7.79. The first-order valence-corrected chi connectivity index (χ1v) is 7.65. The van der Waals surface area contributed by atoms with Crippen LogP contribution in [0, 0.1) is 0 Å². The first-order chi connectivity index (χ1) is 9.49. The number of aliphatic carboxylic acids is 1. The summed E-state index contributed by atoms with van der Waals surface area (Å²) in [6.45, 7) is 3.77. The molecule has 0 heterocycles. The van der Waals surface area contributed by atoms with Crippen LogP contribution in [0.1, 0.15) is 39.5 Å². The van der Waals surface area contributed by atoms with E-state index in [0.717, 1.165) is 12.8 Å². The maximum absolute atomic E-state index is 10.3. The summed E-state index contributed by atoms with van der Waals surface area (Å²) in [4.78, 5) is 10.7. The third-order valence-electron chi connectivity index (χ3n) is 2.54. The molecule has 1 rings (SSSR count). The lowest BCUT2D eigenvalue weighted by atomic mass is 10.1. The van der Waals surface area contributed by atoms with Gasteiger partial charge in [-0.1, -0.05) is 44.0 Å². The van der Waals surface area contributed by atoms with Crippen LogP contribution in [0.5, 0.6) is 0 Å². The topological polar surface area (TPSA) is 74.6 Å². The van der Waals surface area contributed by atoms with Gasteiger partial charge in [0.15, 0.2) is 11.1 Å². The summed E-state index contributed by atoms with van der Waals surface area (Å²) in [5, 5.41) is 8.47. The van der Waals surface area contributed by atoms with Gasteiger partial charge in [0, 0.05) is 5.57 Å². The highest BCUT2D eigenvalue weighted by Crippen LogP contribution is 2.03. The van der Waals surface area contributed by atoms with Crippen LogP contribution >= 0.6 is 0 Å². The Morgan fingerprint density at radius 2 is 1.85 bits per heavy atom. The molecule has 0 bridgehead atoms. The molecule has 1 unspecified atom stereocenters.